The van der Waals surface area contributed by atoms with E-state index >= 15 is 0 Å². The molecule has 0 aliphatic carbocycles. The number of para-hydroxylation sites is 1. The van der Waals surface area contributed by atoms with E-state index in [4.69, 9.17) is 16.0 Å². The number of fused-ring (bicyclic) bond motifs is 1. The lowest BCUT2D eigenvalue weighted by Crippen LogP contribution is -2.35. The first-order valence-electron chi connectivity index (χ1n) is 8.81. The minimum absolute atomic E-state index is 0.0200. The zero-order chi connectivity index (χ0) is 19.7. The first-order chi connectivity index (χ1) is 13.4. The van der Waals surface area contributed by atoms with E-state index in [1.54, 1.807) is 11.8 Å². The molecule has 1 amide bonds. The maximum absolute atomic E-state index is 12.8. The van der Waals surface area contributed by atoms with Crippen molar-refractivity contribution in [3.8, 4) is 0 Å². The van der Waals surface area contributed by atoms with Gasteiger partial charge >= 0.3 is 0 Å². The SMILES string of the molecule is O=C(NC1CCS(=O)(=O)C1)c1oc2ccccc2c1CSc1ccc(Cl)cc1. The summed E-state index contributed by atoms with van der Waals surface area (Å²) >= 11 is 7.52. The van der Waals surface area contributed by atoms with Crippen LogP contribution in [0.2, 0.25) is 5.02 Å². The van der Waals surface area contributed by atoms with Crippen molar-refractivity contribution < 1.29 is 17.6 Å². The van der Waals surface area contributed by atoms with E-state index in [9.17, 15) is 13.2 Å². The molecule has 28 heavy (non-hydrogen) atoms. The highest BCUT2D eigenvalue weighted by Crippen LogP contribution is 2.32. The Balaban J connectivity index is 1.59. The first kappa shape index (κ1) is 19.4. The van der Waals surface area contributed by atoms with E-state index < -0.39 is 9.84 Å². The smallest absolute Gasteiger partial charge is 0.287 e. The van der Waals surface area contributed by atoms with Gasteiger partial charge in [0.2, 0.25) is 0 Å². The Labute approximate surface area is 172 Å². The number of rotatable bonds is 5. The second-order valence-electron chi connectivity index (χ2n) is 6.72. The highest BCUT2D eigenvalue weighted by molar-refractivity contribution is 7.98. The van der Waals surface area contributed by atoms with Crippen LogP contribution in [0.3, 0.4) is 0 Å². The number of hydrogen-bond acceptors (Lipinski definition) is 5. The molecule has 3 aromatic rings. The molecule has 1 aromatic heterocycles. The molecule has 1 saturated heterocycles. The summed E-state index contributed by atoms with van der Waals surface area (Å²) < 4.78 is 29.2. The van der Waals surface area contributed by atoms with Gasteiger partial charge in [0.25, 0.3) is 5.91 Å². The van der Waals surface area contributed by atoms with E-state index in [0.717, 1.165) is 15.8 Å². The van der Waals surface area contributed by atoms with Crippen molar-refractivity contribution in [2.75, 3.05) is 11.5 Å². The van der Waals surface area contributed by atoms with Crippen LogP contribution in [0.1, 0.15) is 22.5 Å². The van der Waals surface area contributed by atoms with Gasteiger partial charge in [0.15, 0.2) is 15.6 Å². The number of hydrogen-bond donors (Lipinski definition) is 1. The van der Waals surface area contributed by atoms with Crippen molar-refractivity contribution in [2.45, 2.75) is 23.1 Å². The van der Waals surface area contributed by atoms with Crippen LogP contribution in [0, 0.1) is 0 Å². The largest absolute Gasteiger partial charge is 0.451 e. The molecule has 8 heteroatoms. The van der Waals surface area contributed by atoms with Gasteiger partial charge in [-0.25, -0.2) is 8.42 Å². The van der Waals surface area contributed by atoms with Crippen LogP contribution in [-0.2, 0) is 15.6 Å². The van der Waals surface area contributed by atoms with Crippen molar-refractivity contribution in [1.82, 2.24) is 5.32 Å². The van der Waals surface area contributed by atoms with Crippen LogP contribution in [-0.4, -0.2) is 31.9 Å². The molecule has 1 aliphatic rings. The van der Waals surface area contributed by atoms with Crippen LogP contribution < -0.4 is 5.32 Å². The van der Waals surface area contributed by atoms with Crippen molar-refractivity contribution in [1.29, 1.82) is 0 Å². The van der Waals surface area contributed by atoms with E-state index in [2.05, 4.69) is 5.32 Å². The van der Waals surface area contributed by atoms with Gasteiger partial charge in [0.1, 0.15) is 5.58 Å². The second-order valence-corrected chi connectivity index (χ2v) is 10.4. The summed E-state index contributed by atoms with van der Waals surface area (Å²) in [6.45, 7) is 0. The third-order valence-corrected chi connectivity index (χ3v) is 7.73. The number of amides is 1. The van der Waals surface area contributed by atoms with E-state index in [1.165, 1.54) is 0 Å². The van der Waals surface area contributed by atoms with Gasteiger partial charge in [-0.3, -0.25) is 4.79 Å². The molecule has 2 heterocycles. The molecule has 1 unspecified atom stereocenters. The zero-order valence-electron chi connectivity index (χ0n) is 14.9. The Morgan fingerprint density at radius 2 is 1.93 bits per heavy atom. The lowest BCUT2D eigenvalue weighted by Gasteiger charge is -2.10. The Kier molecular flexibility index (Phi) is 5.40. The van der Waals surface area contributed by atoms with Crippen LogP contribution in [0.4, 0.5) is 0 Å². The van der Waals surface area contributed by atoms with Crippen molar-refractivity contribution in [3.63, 3.8) is 0 Å². The van der Waals surface area contributed by atoms with E-state index in [-0.39, 0.29) is 29.2 Å². The molecule has 0 saturated carbocycles. The van der Waals surface area contributed by atoms with Crippen molar-refractivity contribution in [2.24, 2.45) is 0 Å². The molecule has 0 radical (unpaired) electrons. The molecular formula is C20H18ClNO4S2. The predicted molar refractivity (Wildman–Crippen MR) is 112 cm³/mol. The van der Waals surface area contributed by atoms with E-state index in [0.29, 0.717) is 22.8 Å². The highest BCUT2D eigenvalue weighted by Gasteiger charge is 2.31. The molecule has 146 valence electrons. The van der Waals surface area contributed by atoms with Gasteiger partial charge in [0.05, 0.1) is 11.5 Å². The van der Waals surface area contributed by atoms with Crippen molar-refractivity contribution in [3.05, 3.63) is 64.9 Å². The summed E-state index contributed by atoms with van der Waals surface area (Å²) in [6, 6.07) is 14.6. The van der Waals surface area contributed by atoms with Crippen LogP contribution in [0.5, 0.6) is 0 Å². The summed E-state index contributed by atoms with van der Waals surface area (Å²) in [7, 11) is -3.07. The van der Waals surface area contributed by atoms with Gasteiger partial charge in [-0.2, -0.15) is 0 Å². The molecule has 0 spiro atoms. The maximum Gasteiger partial charge on any atom is 0.287 e. The monoisotopic (exact) mass is 435 g/mol. The Hall–Kier alpha value is -1.96. The summed E-state index contributed by atoms with van der Waals surface area (Å²) in [4.78, 5) is 13.9. The summed E-state index contributed by atoms with van der Waals surface area (Å²) in [6.07, 6.45) is 0.434. The first-order valence-corrected chi connectivity index (χ1v) is 12.0. The molecule has 1 fully saturated rings. The number of nitrogens with one attached hydrogen (secondary N) is 1. The highest BCUT2D eigenvalue weighted by atomic mass is 35.5. The number of halogens is 1. The van der Waals surface area contributed by atoms with E-state index in [1.807, 2.05) is 48.5 Å². The molecule has 4 rings (SSSR count). The second kappa shape index (κ2) is 7.81. The fourth-order valence-corrected chi connectivity index (χ4v) is 6.00. The lowest BCUT2D eigenvalue weighted by atomic mass is 10.1. The molecule has 5 nitrogen and oxygen atoms in total. The molecule has 2 aromatic carbocycles. The van der Waals surface area contributed by atoms with Gasteiger partial charge in [-0.15, -0.1) is 11.8 Å². The third kappa shape index (κ3) is 4.21. The number of sulfone groups is 1. The normalized spacial score (nSPS) is 18.4. The Morgan fingerprint density at radius 3 is 2.64 bits per heavy atom. The quantitative estimate of drug-likeness (QED) is 0.605. The van der Waals surface area contributed by atoms with Gasteiger partial charge < -0.3 is 9.73 Å². The number of benzene rings is 2. The average Bonchev–Trinajstić information content (AvgIpc) is 3.21. The average molecular weight is 436 g/mol. The van der Waals surface area contributed by atoms with Crippen molar-refractivity contribution >= 4 is 50.1 Å². The summed E-state index contributed by atoms with van der Waals surface area (Å²) in [5.41, 5.74) is 1.44. The van der Waals surface area contributed by atoms with Crippen LogP contribution >= 0.6 is 23.4 Å². The molecular weight excluding hydrogens is 418 g/mol. The Morgan fingerprint density at radius 1 is 1.18 bits per heavy atom. The molecule has 0 bridgehead atoms. The molecule has 1 aliphatic heterocycles. The predicted octanol–water partition coefficient (Wildman–Crippen LogP) is 4.30. The third-order valence-electron chi connectivity index (χ3n) is 4.67. The maximum atomic E-state index is 12.8. The standard InChI is InChI=1S/C20H18ClNO4S2/c21-13-5-7-15(8-6-13)27-11-17-16-3-1-2-4-18(16)26-19(17)20(23)22-14-9-10-28(24,25)12-14/h1-8,14H,9-12H2,(H,22,23). The minimum Gasteiger partial charge on any atom is -0.451 e. The topological polar surface area (TPSA) is 76.4 Å². The van der Waals surface area contributed by atoms with Gasteiger partial charge in [0, 0.05) is 32.7 Å². The molecule has 1 atom stereocenters. The fourth-order valence-electron chi connectivity index (χ4n) is 3.27. The zero-order valence-corrected chi connectivity index (χ0v) is 17.2. The number of carbonyl (C=O) groups excluding carboxylic acids is 1. The fraction of sp³-hybridized carbons (Fsp3) is 0.250. The number of thioether (sulfide) groups is 1. The van der Waals surface area contributed by atoms with Gasteiger partial charge in [-0.1, -0.05) is 29.8 Å². The minimum atomic E-state index is -3.07. The number of furan rings is 1. The Bertz CT molecular complexity index is 1120. The summed E-state index contributed by atoms with van der Waals surface area (Å²) in [5.74, 6) is 0.507. The van der Waals surface area contributed by atoms with Gasteiger partial charge in [-0.05, 0) is 36.8 Å². The molecule has 1 N–H and O–H groups in total. The van der Waals surface area contributed by atoms with Crippen LogP contribution in [0.15, 0.2) is 57.8 Å². The summed E-state index contributed by atoms with van der Waals surface area (Å²) in [5, 5.41) is 4.37. The number of carbonyl (C=O) groups is 1. The van der Waals surface area contributed by atoms with Crippen LogP contribution in [0.25, 0.3) is 11.0 Å². The lowest BCUT2D eigenvalue weighted by molar-refractivity contribution is 0.0914.